The van der Waals surface area contributed by atoms with E-state index in [1.54, 1.807) is 0 Å². The Hall–Kier alpha value is -0.610. The molecule has 1 aliphatic rings. The number of amides is 1. The molecule has 0 saturated heterocycles. The first-order valence-electron chi connectivity index (χ1n) is 4.11. The van der Waals surface area contributed by atoms with Gasteiger partial charge in [0.2, 0.25) is 5.91 Å². The van der Waals surface area contributed by atoms with Crippen LogP contribution in [0.3, 0.4) is 0 Å². The molecule has 70 valence electrons. The number of aliphatic hydroxyl groups is 2. The SMILES string of the molecule is CC(O)C(=O)NC1(C)CC(O)C1. The molecule has 1 saturated carbocycles. The van der Waals surface area contributed by atoms with Gasteiger partial charge in [0, 0.05) is 5.54 Å². The smallest absolute Gasteiger partial charge is 0.248 e. The second-order valence-corrected chi connectivity index (χ2v) is 3.79. The molecule has 0 aliphatic heterocycles. The van der Waals surface area contributed by atoms with Crippen molar-refractivity contribution in [2.45, 2.75) is 44.4 Å². The fraction of sp³-hybridized carbons (Fsp3) is 0.875. The fourth-order valence-electron chi connectivity index (χ4n) is 1.48. The summed E-state index contributed by atoms with van der Waals surface area (Å²) in [6, 6.07) is 0. The van der Waals surface area contributed by atoms with E-state index in [2.05, 4.69) is 5.32 Å². The monoisotopic (exact) mass is 173 g/mol. The van der Waals surface area contributed by atoms with E-state index in [-0.39, 0.29) is 17.6 Å². The maximum Gasteiger partial charge on any atom is 0.248 e. The minimum absolute atomic E-state index is 0.302. The number of carbonyl (C=O) groups is 1. The Kier molecular flexibility index (Phi) is 2.39. The maximum atomic E-state index is 11.0. The van der Waals surface area contributed by atoms with Gasteiger partial charge in [-0.15, -0.1) is 0 Å². The molecule has 0 aromatic heterocycles. The fourth-order valence-corrected chi connectivity index (χ4v) is 1.48. The van der Waals surface area contributed by atoms with Crippen LogP contribution in [-0.4, -0.2) is 33.9 Å². The molecule has 0 aromatic rings. The molecule has 4 heteroatoms. The molecule has 0 radical (unpaired) electrons. The molecule has 3 N–H and O–H groups in total. The summed E-state index contributed by atoms with van der Waals surface area (Å²) in [6.45, 7) is 3.29. The summed E-state index contributed by atoms with van der Waals surface area (Å²) in [5, 5.41) is 20.6. The summed E-state index contributed by atoms with van der Waals surface area (Å²) >= 11 is 0. The van der Waals surface area contributed by atoms with Crippen LogP contribution in [0.25, 0.3) is 0 Å². The zero-order valence-corrected chi connectivity index (χ0v) is 7.37. The Labute approximate surface area is 71.6 Å². The molecule has 1 amide bonds. The normalized spacial score (nSPS) is 36.8. The van der Waals surface area contributed by atoms with Crippen LogP contribution < -0.4 is 5.32 Å². The van der Waals surface area contributed by atoms with Gasteiger partial charge >= 0.3 is 0 Å². The van der Waals surface area contributed by atoms with E-state index in [4.69, 9.17) is 10.2 Å². The maximum absolute atomic E-state index is 11.0. The van der Waals surface area contributed by atoms with E-state index in [1.165, 1.54) is 6.92 Å². The summed E-state index contributed by atoms with van der Waals surface area (Å²) in [5.41, 5.74) is -0.312. The van der Waals surface area contributed by atoms with Gasteiger partial charge in [0.05, 0.1) is 6.10 Å². The standard InChI is InChI=1S/C8H15NO3/c1-5(10)7(12)9-8(2)3-6(11)4-8/h5-6,10-11H,3-4H2,1-2H3,(H,9,12). The van der Waals surface area contributed by atoms with E-state index >= 15 is 0 Å². The highest BCUT2D eigenvalue weighted by atomic mass is 16.3. The lowest BCUT2D eigenvalue weighted by molar-refractivity contribution is -0.133. The van der Waals surface area contributed by atoms with Crippen molar-refractivity contribution in [2.24, 2.45) is 0 Å². The zero-order valence-electron chi connectivity index (χ0n) is 7.37. The predicted octanol–water partition coefficient (Wildman–Crippen LogP) is -0.603. The van der Waals surface area contributed by atoms with E-state index in [9.17, 15) is 4.79 Å². The highest BCUT2D eigenvalue weighted by molar-refractivity contribution is 5.80. The van der Waals surface area contributed by atoms with Gasteiger partial charge in [-0.1, -0.05) is 0 Å². The van der Waals surface area contributed by atoms with Crippen molar-refractivity contribution in [3.05, 3.63) is 0 Å². The van der Waals surface area contributed by atoms with E-state index in [1.807, 2.05) is 6.92 Å². The Morgan fingerprint density at radius 2 is 2.17 bits per heavy atom. The molecule has 1 aliphatic carbocycles. The van der Waals surface area contributed by atoms with Gasteiger partial charge in [-0.05, 0) is 26.7 Å². The van der Waals surface area contributed by atoms with Crippen molar-refractivity contribution in [3.63, 3.8) is 0 Å². The molecule has 4 nitrogen and oxygen atoms in total. The average molecular weight is 173 g/mol. The van der Waals surface area contributed by atoms with Crippen LogP contribution in [0.2, 0.25) is 0 Å². The molecule has 1 unspecified atom stereocenters. The lowest BCUT2D eigenvalue weighted by Crippen LogP contribution is -2.58. The Morgan fingerprint density at radius 1 is 1.67 bits per heavy atom. The number of carbonyl (C=O) groups excluding carboxylic acids is 1. The summed E-state index contributed by atoms with van der Waals surface area (Å²) in [6.07, 6.45) is -0.124. The van der Waals surface area contributed by atoms with Crippen LogP contribution in [0.4, 0.5) is 0 Å². The topological polar surface area (TPSA) is 69.6 Å². The van der Waals surface area contributed by atoms with Crippen molar-refractivity contribution >= 4 is 5.91 Å². The van der Waals surface area contributed by atoms with Crippen molar-refractivity contribution < 1.29 is 15.0 Å². The summed E-state index contributed by atoms with van der Waals surface area (Å²) < 4.78 is 0. The van der Waals surface area contributed by atoms with Crippen molar-refractivity contribution in [1.29, 1.82) is 0 Å². The second kappa shape index (κ2) is 3.03. The molecule has 1 atom stereocenters. The van der Waals surface area contributed by atoms with E-state index in [0.29, 0.717) is 12.8 Å². The lowest BCUT2D eigenvalue weighted by atomic mass is 9.76. The van der Waals surface area contributed by atoms with Crippen molar-refractivity contribution in [1.82, 2.24) is 5.32 Å². The number of hydrogen-bond acceptors (Lipinski definition) is 3. The second-order valence-electron chi connectivity index (χ2n) is 3.79. The number of rotatable bonds is 2. The molecule has 0 bridgehead atoms. The predicted molar refractivity (Wildman–Crippen MR) is 43.5 cm³/mol. The zero-order chi connectivity index (χ0) is 9.35. The van der Waals surface area contributed by atoms with Crippen LogP contribution in [0.5, 0.6) is 0 Å². The highest BCUT2D eigenvalue weighted by Crippen LogP contribution is 2.31. The van der Waals surface area contributed by atoms with Gasteiger partial charge in [0.1, 0.15) is 6.10 Å². The van der Waals surface area contributed by atoms with Gasteiger partial charge in [-0.25, -0.2) is 0 Å². The van der Waals surface area contributed by atoms with Gasteiger partial charge in [-0.3, -0.25) is 4.79 Å². The van der Waals surface area contributed by atoms with Crippen LogP contribution in [0, 0.1) is 0 Å². The highest BCUT2D eigenvalue weighted by Gasteiger charge is 2.40. The molecule has 0 spiro atoms. The number of hydrogen-bond donors (Lipinski definition) is 3. The largest absolute Gasteiger partial charge is 0.393 e. The lowest BCUT2D eigenvalue weighted by Gasteiger charge is -2.43. The third-order valence-electron chi connectivity index (χ3n) is 2.18. The number of aliphatic hydroxyl groups excluding tert-OH is 2. The Balaban J connectivity index is 2.37. The van der Waals surface area contributed by atoms with E-state index in [0.717, 1.165) is 0 Å². The molecule has 1 rings (SSSR count). The van der Waals surface area contributed by atoms with Crippen molar-refractivity contribution in [2.75, 3.05) is 0 Å². The van der Waals surface area contributed by atoms with Crippen LogP contribution in [-0.2, 0) is 4.79 Å². The minimum atomic E-state index is -0.973. The Morgan fingerprint density at radius 3 is 2.50 bits per heavy atom. The average Bonchev–Trinajstić information content (AvgIpc) is 1.83. The first-order chi connectivity index (χ1) is 5.43. The summed E-state index contributed by atoms with van der Waals surface area (Å²) in [4.78, 5) is 11.0. The Bertz CT molecular complexity index is 185. The van der Waals surface area contributed by atoms with Gasteiger partial charge in [-0.2, -0.15) is 0 Å². The van der Waals surface area contributed by atoms with E-state index < -0.39 is 6.10 Å². The molecule has 1 fully saturated rings. The van der Waals surface area contributed by atoms with Gasteiger partial charge in [0.15, 0.2) is 0 Å². The van der Waals surface area contributed by atoms with Gasteiger partial charge in [0.25, 0.3) is 0 Å². The molecular formula is C8H15NO3. The third-order valence-corrected chi connectivity index (χ3v) is 2.18. The first-order valence-corrected chi connectivity index (χ1v) is 4.11. The molecule has 0 aromatic carbocycles. The molecular weight excluding hydrogens is 158 g/mol. The van der Waals surface area contributed by atoms with Gasteiger partial charge < -0.3 is 15.5 Å². The first kappa shape index (κ1) is 9.48. The van der Waals surface area contributed by atoms with Crippen molar-refractivity contribution in [3.8, 4) is 0 Å². The summed E-state index contributed by atoms with van der Waals surface area (Å²) in [7, 11) is 0. The third kappa shape index (κ3) is 1.95. The molecule has 12 heavy (non-hydrogen) atoms. The minimum Gasteiger partial charge on any atom is -0.393 e. The molecule has 0 heterocycles. The van der Waals surface area contributed by atoms with Crippen LogP contribution in [0.15, 0.2) is 0 Å². The summed E-state index contributed by atoms with van der Waals surface area (Å²) in [5.74, 6) is -0.371. The number of nitrogens with one attached hydrogen (secondary N) is 1. The van der Waals surface area contributed by atoms with Crippen LogP contribution in [0.1, 0.15) is 26.7 Å². The quantitative estimate of drug-likeness (QED) is 0.522. The van der Waals surface area contributed by atoms with Crippen LogP contribution >= 0.6 is 0 Å².